The zero-order chi connectivity index (χ0) is 24.9. The Kier molecular flexibility index (Phi) is 7.26. The van der Waals surface area contributed by atoms with Gasteiger partial charge in [-0.3, -0.25) is 9.59 Å². The number of hydrogen-bond donors (Lipinski definition) is 2. The molecule has 178 valence electrons. The van der Waals surface area contributed by atoms with Gasteiger partial charge in [-0.1, -0.05) is 35.9 Å². The lowest BCUT2D eigenvalue weighted by Crippen LogP contribution is -2.38. The van der Waals surface area contributed by atoms with E-state index in [1.165, 1.54) is 18.2 Å². The fraction of sp³-hybridized carbons (Fsp3) is 0.115. The van der Waals surface area contributed by atoms with Crippen molar-refractivity contribution in [1.82, 2.24) is 10.2 Å². The highest BCUT2D eigenvalue weighted by Gasteiger charge is 2.34. The second-order valence-electron chi connectivity index (χ2n) is 7.90. The summed E-state index contributed by atoms with van der Waals surface area (Å²) < 4.78 is 19.4. The molecule has 0 atom stereocenters. The Labute approximate surface area is 209 Å². The number of hydrogen-bond acceptors (Lipinski definition) is 4. The molecule has 0 saturated carbocycles. The number of urea groups is 1. The summed E-state index contributed by atoms with van der Waals surface area (Å²) in [6.45, 7) is 1.78. The van der Waals surface area contributed by atoms with E-state index >= 15 is 0 Å². The number of rotatable bonds is 7. The van der Waals surface area contributed by atoms with E-state index in [9.17, 15) is 18.8 Å². The lowest BCUT2D eigenvalue weighted by Gasteiger charge is -2.12. The third kappa shape index (κ3) is 6.13. The van der Waals surface area contributed by atoms with E-state index in [4.69, 9.17) is 4.74 Å². The molecule has 1 saturated heterocycles. The first-order valence-electron chi connectivity index (χ1n) is 10.7. The van der Waals surface area contributed by atoms with Gasteiger partial charge in [-0.2, -0.15) is 0 Å². The van der Waals surface area contributed by atoms with E-state index in [2.05, 4.69) is 26.6 Å². The number of imide groups is 1. The van der Waals surface area contributed by atoms with Gasteiger partial charge in [0.1, 0.15) is 30.4 Å². The maximum Gasteiger partial charge on any atom is 0.329 e. The van der Waals surface area contributed by atoms with Crippen molar-refractivity contribution in [3.05, 3.63) is 99.4 Å². The molecular formula is C26H21BrFN3O4. The monoisotopic (exact) mass is 537 g/mol. The second kappa shape index (κ2) is 10.5. The number of carbonyl (C=O) groups is 3. The first-order chi connectivity index (χ1) is 16.8. The summed E-state index contributed by atoms with van der Waals surface area (Å²) in [5.74, 6) is -0.829. The normalized spacial score (nSPS) is 14.3. The Bertz CT molecular complexity index is 1310. The number of benzene rings is 3. The zero-order valence-electron chi connectivity index (χ0n) is 18.7. The van der Waals surface area contributed by atoms with Gasteiger partial charge >= 0.3 is 6.03 Å². The topological polar surface area (TPSA) is 87.7 Å². The molecule has 0 unspecified atom stereocenters. The summed E-state index contributed by atoms with van der Waals surface area (Å²) in [5.41, 5.74) is 3.14. The Balaban J connectivity index is 1.39. The van der Waals surface area contributed by atoms with Crippen molar-refractivity contribution in [2.45, 2.75) is 13.5 Å². The molecule has 3 aromatic rings. The molecule has 0 aromatic heterocycles. The molecule has 1 aliphatic rings. The molecule has 0 bridgehead atoms. The maximum absolute atomic E-state index is 13.0. The predicted octanol–water partition coefficient (Wildman–Crippen LogP) is 5.01. The van der Waals surface area contributed by atoms with Crippen molar-refractivity contribution in [2.24, 2.45) is 0 Å². The lowest BCUT2D eigenvalue weighted by molar-refractivity contribution is -0.127. The Morgan fingerprint density at radius 3 is 2.49 bits per heavy atom. The maximum atomic E-state index is 13.0. The van der Waals surface area contributed by atoms with E-state index in [0.717, 1.165) is 16.0 Å². The minimum absolute atomic E-state index is 0.0602. The van der Waals surface area contributed by atoms with Crippen LogP contribution in [-0.4, -0.2) is 29.3 Å². The largest absolute Gasteiger partial charge is 0.488 e. The minimum Gasteiger partial charge on any atom is -0.488 e. The average molecular weight is 538 g/mol. The number of carbonyl (C=O) groups excluding carboxylic acids is 3. The molecule has 7 nitrogen and oxygen atoms in total. The van der Waals surface area contributed by atoms with E-state index < -0.39 is 24.4 Å². The number of aryl methyl sites for hydroxylation is 1. The van der Waals surface area contributed by atoms with Gasteiger partial charge in [0.25, 0.3) is 5.91 Å². The zero-order valence-corrected chi connectivity index (χ0v) is 20.3. The molecule has 0 spiro atoms. The second-order valence-corrected chi connectivity index (χ2v) is 8.75. The van der Waals surface area contributed by atoms with E-state index in [1.54, 1.807) is 42.5 Å². The minimum atomic E-state index is -0.668. The first-order valence-corrected chi connectivity index (χ1v) is 11.5. The van der Waals surface area contributed by atoms with E-state index in [1.807, 2.05) is 19.1 Å². The number of anilines is 1. The van der Waals surface area contributed by atoms with Crippen molar-refractivity contribution in [1.29, 1.82) is 0 Å². The van der Waals surface area contributed by atoms with E-state index in [-0.39, 0.29) is 18.1 Å². The molecular weight excluding hydrogens is 517 g/mol. The van der Waals surface area contributed by atoms with Crippen LogP contribution in [0.4, 0.5) is 14.9 Å². The van der Waals surface area contributed by atoms with Gasteiger partial charge in [-0.05, 0) is 76.5 Å². The standard InChI is InChI=1S/C26H21BrFN3O4/c1-16-2-9-20(10-3-16)29-24(32)14-31-25(33)22(30-26(31)34)13-18-6-11-23(21(27)12-18)35-15-17-4-7-19(28)8-5-17/h2-13H,14-15H2,1H3,(H,29,32)(H,30,34)/b22-13+. The molecule has 3 aromatic carbocycles. The van der Waals surface area contributed by atoms with Gasteiger partial charge in [-0.25, -0.2) is 14.1 Å². The van der Waals surface area contributed by atoms with Gasteiger partial charge in [0.05, 0.1) is 4.47 Å². The fourth-order valence-electron chi connectivity index (χ4n) is 3.33. The third-order valence-corrected chi connectivity index (χ3v) is 5.79. The van der Waals surface area contributed by atoms with Gasteiger partial charge in [-0.15, -0.1) is 0 Å². The van der Waals surface area contributed by atoms with Crippen LogP contribution in [0.5, 0.6) is 5.75 Å². The van der Waals surface area contributed by atoms with Crippen LogP contribution in [0.2, 0.25) is 0 Å². The van der Waals surface area contributed by atoms with Crippen LogP contribution >= 0.6 is 15.9 Å². The van der Waals surface area contributed by atoms with Crippen LogP contribution in [0, 0.1) is 12.7 Å². The molecule has 0 aliphatic carbocycles. The van der Waals surface area contributed by atoms with Crippen molar-refractivity contribution in [3.63, 3.8) is 0 Å². The summed E-state index contributed by atoms with van der Waals surface area (Å²) in [6, 6.07) is 17.7. The molecule has 2 N–H and O–H groups in total. The fourth-order valence-corrected chi connectivity index (χ4v) is 3.84. The number of ether oxygens (including phenoxy) is 1. The van der Waals surface area contributed by atoms with Crippen LogP contribution in [0.15, 0.2) is 76.9 Å². The first kappa shape index (κ1) is 24.2. The van der Waals surface area contributed by atoms with Gasteiger partial charge in [0, 0.05) is 5.69 Å². The summed E-state index contributed by atoms with van der Waals surface area (Å²) in [4.78, 5) is 38.2. The van der Waals surface area contributed by atoms with Gasteiger partial charge in [0.15, 0.2) is 0 Å². The van der Waals surface area contributed by atoms with Crippen LogP contribution in [0.3, 0.4) is 0 Å². The molecule has 1 heterocycles. The highest BCUT2D eigenvalue weighted by molar-refractivity contribution is 9.10. The summed E-state index contributed by atoms with van der Waals surface area (Å²) in [5, 5.41) is 5.18. The number of nitrogens with one attached hydrogen (secondary N) is 2. The van der Waals surface area contributed by atoms with Crippen molar-refractivity contribution >= 4 is 45.5 Å². The molecule has 4 rings (SSSR count). The highest BCUT2D eigenvalue weighted by Crippen LogP contribution is 2.28. The summed E-state index contributed by atoms with van der Waals surface area (Å²) in [6.07, 6.45) is 1.52. The SMILES string of the molecule is Cc1ccc(NC(=O)CN2C(=O)N/C(=C/c3ccc(OCc4ccc(F)cc4)c(Br)c3)C2=O)cc1. The van der Waals surface area contributed by atoms with Crippen LogP contribution in [0.25, 0.3) is 6.08 Å². The molecule has 9 heteroatoms. The highest BCUT2D eigenvalue weighted by atomic mass is 79.9. The van der Waals surface area contributed by atoms with Crippen molar-refractivity contribution in [2.75, 3.05) is 11.9 Å². The van der Waals surface area contributed by atoms with E-state index in [0.29, 0.717) is 21.5 Å². The molecule has 1 fully saturated rings. The molecule has 35 heavy (non-hydrogen) atoms. The summed E-state index contributed by atoms with van der Waals surface area (Å²) in [7, 11) is 0. The molecule has 4 amide bonds. The quantitative estimate of drug-likeness (QED) is 0.327. The Morgan fingerprint density at radius 1 is 1.09 bits per heavy atom. The van der Waals surface area contributed by atoms with Crippen LogP contribution < -0.4 is 15.4 Å². The lowest BCUT2D eigenvalue weighted by atomic mass is 10.2. The predicted molar refractivity (Wildman–Crippen MR) is 133 cm³/mol. The summed E-state index contributed by atoms with van der Waals surface area (Å²) >= 11 is 3.44. The number of halogens is 2. The number of amides is 4. The molecule has 0 radical (unpaired) electrons. The Morgan fingerprint density at radius 2 is 1.80 bits per heavy atom. The Hall–Kier alpha value is -3.98. The third-order valence-electron chi connectivity index (χ3n) is 5.17. The molecule has 1 aliphatic heterocycles. The van der Waals surface area contributed by atoms with Gasteiger partial charge < -0.3 is 15.4 Å². The smallest absolute Gasteiger partial charge is 0.329 e. The van der Waals surface area contributed by atoms with Crippen LogP contribution in [0.1, 0.15) is 16.7 Å². The average Bonchev–Trinajstić information content (AvgIpc) is 3.08. The van der Waals surface area contributed by atoms with Crippen molar-refractivity contribution < 1.29 is 23.5 Å². The van der Waals surface area contributed by atoms with Gasteiger partial charge in [0.2, 0.25) is 5.91 Å². The van der Waals surface area contributed by atoms with Crippen molar-refractivity contribution in [3.8, 4) is 5.75 Å². The number of nitrogens with zero attached hydrogens (tertiary/aromatic N) is 1. The van der Waals surface area contributed by atoms with Crippen LogP contribution in [-0.2, 0) is 16.2 Å².